The van der Waals surface area contributed by atoms with Crippen LogP contribution in [0.25, 0.3) is 0 Å². The summed E-state index contributed by atoms with van der Waals surface area (Å²) in [6, 6.07) is 8.18. The van der Waals surface area contributed by atoms with Gasteiger partial charge in [-0.3, -0.25) is 0 Å². The largest absolute Gasteiger partial charge is 0.460 e. The van der Waals surface area contributed by atoms with Gasteiger partial charge in [0.05, 0.1) is 12.9 Å². The van der Waals surface area contributed by atoms with Crippen LogP contribution >= 0.6 is 0 Å². The highest BCUT2D eigenvalue weighted by Gasteiger charge is 2.15. The molecular weight excluding hydrogens is 290 g/mol. The second kappa shape index (κ2) is 7.33. The van der Waals surface area contributed by atoms with Gasteiger partial charge in [0, 0.05) is 25.4 Å². The predicted octanol–water partition coefficient (Wildman–Crippen LogP) is 2.36. The molecule has 0 aliphatic rings. The molecule has 0 saturated heterocycles. The number of quaternary nitrogens is 1. The normalized spacial score (nSPS) is 11.4. The third-order valence-electron chi connectivity index (χ3n) is 3.95. The topological polar surface area (TPSA) is 48.5 Å². The Morgan fingerprint density at radius 1 is 1.00 bits per heavy atom. The van der Waals surface area contributed by atoms with Crippen molar-refractivity contribution >= 4 is 0 Å². The van der Waals surface area contributed by atoms with Crippen molar-refractivity contribution in [3.05, 3.63) is 66.0 Å². The minimum Gasteiger partial charge on any atom is -0.460 e. The van der Waals surface area contributed by atoms with Gasteiger partial charge < -0.3 is 18.3 Å². The van der Waals surface area contributed by atoms with Crippen molar-refractivity contribution in [3.63, 3.8) is 0 Å². The Hall–Kier alpha value is -2.27. The second-order valence-corrected chi connectivity index (χ2v) is 6.03. The van der Waals surface area contributed by atoms with Crippen LogP contribution in [-0.2, 0) is 19.6 Å². The Balaban J connectivity index is 1.59. The zero-order valence-corrected chi connectivity index (χ0v) is 13.8. The van der Waals surface area contributed by atoms with Crippen molar-refractivity contribution in [2.45, 2.75) is 39.9 Å². The lowest BCUT2D eigenvalue weighted by atomic mass is 10.3. The molecule has 0 radical (unpaired) electrons. The van der Waals surface area contributed by atoms with Crippen molar-refractivity contribution < 1.29 is 13.7 Å². The first kappa shape index (κ1) is 15.6. The fourth-order valence-electron chi connectivity index (χ4n) is 2.82. The van der Waals surface area contributed by atoms with Crippen LogP contribution in [0.3, 0.4) is 0 Å². The van der Waals surface area contributed by atoms with Crippen LogP contribution in [0, 0.1) is 13.8 Å². The number of hydrogen-bond acceptors (Lipinski definition) is 3. The van der Waals surface area contributed by atoms with E-state index in [1.165, 1.54) is 4.90 Å². The van der Waals surface area contributed by atoms with Crippen LogP contribution in [0.1, 0.15) is 29.5 Å². The summed E-state index contributed by atoms with van der Waals surface area (Å²) in [6.07, 6.45) is 6.78. The monoisotopic (exact) mass is 314 g/mol. The molecule has 0 saturated carbocycles. The third kappa shape index (κ3) is 4.60. The molecule has 5 heteroatoms. The van der Waals surface area contributed by atoms with E-state index in [4.69, 9.17) is 8.83 Å². The van der Waals surface area contributed by atoms with Crippen LogP contribution in [-0.4, -0.2) is 16.1 Å². The Labute approximate surface area is 136 Å². The van der Waals surface area contributed by atoms with Gasteiger partial charge in [0.1, 0.15) is 24.6 Å². The molecule has 0 aliphatic carbocycles. The first-order valence-corrected chi connectivity index (χ1v) is 8.09. The molecule has 0 unspecified atom stereocenters. The van der Waals surface area contributed by atoms with E-state index in [-0.39, 0.29) is 0 Å². The van der Waals surface area contributed by atoms with Crippen LogP contribution in [0.4, 0.5) is 0 Å². The van der Waals surface area contributed by atoms with E-state index in [9.17, 15) is 0 Å². The molecule has 0 spiro atoms. The SMILES string of the molecule is Cc1ccc(C[NH+](CCCn2ccnc2)Cc2ccc(C)o2)o1. The quantitative estimate of drug-likeness (QED) is 0.694. The van der Waals surface area contributed by atoms with Crippen LogP contribution in [0.15, 0.2) is 51.8 Å². The van der Waals surface area contributed by atoms with Gasteiger partial charge in [0.25, 0.3) is 0 Å². The second-order valence-electron chi connectivity index (χ2n) is 6.03. The molecule has 5 nitrogen and oxygen atoms in total. The van der Waals surface area contributed by atoms with Crippen molar-refractivity contribution in [1.82, 2.24) is 9.55 Å². The van der Waals surface area contributed by atoms with E-state index in [1.54, 1.807) is 0 Å². The van der Waals surface area contributed by atoms with Gasteiger partial charge in [-0.2, -0.15) is 0 Å². The highest BCUT2D eigenvalue weighted by Crippen LogP contribution is 2.07. The lowest BCUT2D eigenvalue weighted by molar-refractivity contribution is -0.929. The number of nitrogens with one attached hydrogen (secondary N) is 1. The molecule has 0 aliphatic heterocycles. The number of imidazole rings is 1. The highest BCUT2D eigenvalue weighted by molar-refractivity contribution is 5.05. The van der Waals surface area contributed by atoms with Gasteiger partial charge in [-0.1, -0.05) is 0 Å². The molecule has 3 rings (SSSR count). The summed E-state index contributed by atoms with van der Waals surface area (Å²) >= 11 is 0. The lowest BCUT2D eigenvalue weighted by Crippen LogP contribution is -3.09. The van der Waals surface area contributed by atoms with Crippen molar-refractivity contribution in [2.24, 2.45) is 0 Å². The highest BCUT2D eigenvalue weighted by atomic mass is 16.3. The zero-order chi connectivity index (χ0) is 16.1. The van der Waals surface area contributed by atoms with Gasteiger partial charge >= 0.3 is 0 Å². The zero-order valence-electron chi connectivity index (χ0n) is 13.8. The van der Waals surface area contributed by atoms with Gasteiger partial charge in [-0.15, -0.1) is 0 Å². The van der Waals surface area contributed by atoms with E-state index in [0.717, 1.165) is 55.6 Å². The van der Waals surface area contributed by atoms with Crippen LogP contribution in [0.5, 0.6) is 0 Å². The van der Waals surface area contributed by atoms with Gasteiger partial charge in [-0.25, -0.2) is 4.98 Å². The van der Waals surface area contributed by atoms with Crippen LogP contribution < -0.4 is 4.90 Å². The minimum absolute atomic E-state index is 0.873. The van der Waals surface area contributed by atoms with E-state index >= 15 is 0 Å². The van der Waals surface area contributed by atoms with E-state index in [0.29, 0.717) is 0 Å². The Bertz CT molecular complexity index is 670. The molecule has 0 bridgehead atoms. The first-order valence-electron chi connectivity index (χ1n) is 8.09. The van der Waals surface area contributed by atoms with Crippen molar-refractivity contribution in [3.8, 4) is 0 Å². The first-order chi connectivity index (χ1) is 11.2. The van der Waals surface area contributed by atoms with Gasteiger partial charge in [0.15, 0.2) is 11.5 Å². The number of aromatic nitrogens is 2. The molecule has 0 fully saturated rings. The van der Waals surface area contributed by atoms with Crippen LogP contribution in [0.2, 0.25) is 0 Å². The molecule has 0 amide bonds. The standard InChI is InChI=1S/C18H23N3O2/c1-15-4-6-17(22-15)12-21(13-18-7-5-16(2)23-18)10-3-9-20-11-8-19-14-20/h4-8,11,14H,3,9-10,12-13H2,1-2H3/p+1. The maximum absolute atomic E-state index is 5.74. The molecule has 122 valence electrons. The van der Waals surface area contributed by atoms with Crippen molar-refractivity contribution in [2.75, 3.05) is 6.54 Å². The van der Waals surface area contributed by atoms with E-state index in [2.05, 4.69) is 21.7 Å². The summed E-state index contributed by atoms with van der Waals surface area (Å²) in [5, 5.41) is 0. The maximum atomic E-state index is 5.74. The molecular formula is C18H24N3O2+. The maximum Gasteiger partial charge on any atom is 0.158 e. The summed E-state index contributed by atoms with van der Waals surface area (Å²) in [5.41, 5.74) is 0. The number of rotatable bonds is 8. The average Bonchev–Trinajstić information content (AvgIpc) is 3.23. The van der Waals surface area contributed by atoms with E-state index < -0.39 is 0 Å². The Kier molecular flexibility index (Phi) is 4.98. The summed E-state index contributed by atoms with van der Waals surface area (Å²) < 4.78 is 13.6. The predicted molar refractivity (Wildman–Crippen MR) is 87.0 cm³/mol. The molecule has 3 heterocycles. The fourth-order valence-corrected chi connectivity index (χ4v) is 2.82. The minimum atomic E-state index is 0.873. The molecule has 23 heavy (non-hydrogen) atoms. The summed E-state index contributed by atoms with van der Waals surface area (Å²) in [5.74, 6) is 3.99. The Morgan fingerprint density at radius 3 is 2.13 bits per heavy atom. The number of furan rings is 2. The Morgan fingerprint density at radius 2 is 1.65 bits per heavy atom. The third-order valence-corrected chi connectivity index (χ3v) is 3.95. The lowest BCUT2D eigenvalue weighted by Gasteiger charge is -2.17. The summed E-state index contributed by atoms with van der Waals surface area (Å²) in [7, 11) is 0. The smallest absolute Gasteiger partial charge is 0.158 e. The molecule has 0 atom stereocenters. The average molecular weight is 314 g/mol. The molecule has 1 N–H and O–H groups in total. The number of nitrogens with zero attached hydrogens (tertiary/aromatic N) is 2. The van der Waals surface area contributed by atoms with Gasteiger partial charge in [-0.05, 0) is 38.1 Å². The van der Waals surface area contributed by atoms with Gasteiger partial charge in [0.2, 0.25) is 0 Å². The summed E-state index contributed by atoms with van der Waals surface area (Å²) in [4.78, 5) is 5.53. The molecule has 0 aromatic carbocycles. The molecule has 3 aromatic heterocycles. The number of hydrogen-bond donors (Lipinski definition) is 1. The molecule has 3 aromatic rings. The number of aryl methyl sites for hydroxylation is 3. The van der Waals surface area contributed by atoms with Crippen molar-refractivity contribution in [1.29, 1.82) is 0 Å². The van der Waals surface area contributed by atoms with E-state index in [1.807, 2.05) is 44.7 Å². The summed E-state index contributed by atoms with van der Waals surface area (Å²) in [6.45, 7) is 7.75. The fraction of sp³-hybridized carbons (Fsp3) is 0.389.